The third-order valence-electron chi connectivity index (χ3n) is 3.05. The first-order chi connectivity index (χ1) is 10.2. The first-order valence-corrected chi connectivity index (χ1v) is 6.34. The molecule has 0 radical (unpaired) electrons. The number of phenolic OH excluding ortho intramolecular Hbond substituents is 2. The van der Waals surface area contributed by atoms with Crippen LogP contribution < -0.4 is 5.32 Å². The summed E-state index contributed by atoms with van der Waals surface area (Å²) in [5.41, 5.74) is 2.25. The van der Waals surface area contributed by atoms with Gasteiger partial charge < -0.3 is 19.9 Å². The maximum atomic E-state index is 9.76. The summed E-state index contributed by atoms with van der Waals surface area (Å²) in [7, 11) is 0. The highest BCUT2D eigenvalue weighted by atomic mass is 16.4. The van der Waals surface area contributed by atoms with Crippen molar-refractivity contribution in [2.75, 3.05) is 5.32 Å². The lowest BCUT2D eigenvalue weighted by molar-refractivity contribution is 0.400. The Morgan fingerprint density at radius 3 is 2.76 bits per heavy atom. The summed E-state index contributed by atoms with van der Waals surface area (Å²) in [6.07, 6.45) is 1.28. The van der Waals surface area contributed by atoms with Gasteiger partial charge in [-0.05, 0) is 24.3 Å². The molecule has 3 aromatic rings. The lowest BCUT2D eigenvalue weighted by Crippen LogP contribution is -1.99. The molecule has 106 valence electrons. The summed E-state index contributed by atoms with van der Waals surface area (Å²) in [6, 6.07) is 12.3. The van der Waals surface area contributed by atoms with Gasteiger partial charge in [0.05, 0.1) is 0 Å². The number of phenols is 2. The summed E-state index contributed by atoms with van der Waals surface area (Å²) in [5.74, 6) is 0.200. The van der Waals surface area contributed by atoms with Crippen LogP contribution in [0.1, 0.15) is 5.56 Å². The van der Waals surface area contributed by atoms with Crippen LogP contribution in [0.25, 0.3) is 11.5 Å². The molecule has 6 nitrogen and oxygen atoms in total. The van der Waals surface area contributed by atoms with Crippen molar-refractivity contribution in [3.63, 3.8) is 0 Å². The smallest absolute Gasteiger partial charge is 0.247 e. The number of hydrogen-bond acceptors (Lipinski definition) is 6. The van der Waals surface area contributed by atoms with E-state index in [1.807, 2.05) is 24.3 Å². The summed E-state index contributed by atoms with van der Waals surface area (Å²) < 4.78 is 5.15. The molecule has 0 fully saturated rings. The van der Waals surface area contributed by atoms with E-state index in [0.29, 0.717) is 18.0 Å². The van der Waals surface area contributed by atoms with E-state index in [0.717, 1.165) is 11.3 Å². The van der Waals surface area contributed by atoms with Gasteiger partial charge in [-0.15, -0.1) is 10.2 Å². The average Bonchev–Trinajstić information content (AvgIpc) is 3.03. The van der Waals surface area contributed by atoms with E-state index >= 15 is 0 Å². The zero-order valence-electron chi connectivity index (χ0n) is 11.0. The van der Waals surface area contributed by atoms with Crippen molar-refractivity contribution in [1.29, 1.82) is 0 Å². The fourth-order valence-electron chi connectivity index (χ4n) is 1.98. The average molecular weight is 283 g/mol. The van der Waals surface area contributed by atoms with Crippen LogP contribution >= 0.6 is 0 Å². The molecule has 1 aromatic heterocycles. The van der Waals surface area contributed by atoms with Crippen LogP contribution in [-0.4, -0.2) is 20.4 Å². The molecular weight excluding hydrogens is 270 g/mol. The van der Waals surface area contributed by atoms with E-state index in [1.165, 1.54) is 12.5 Å². The van der Waals surface area contributed by atoms with Gasteiger partial charge in [0.2, 0.25) is 12.3 Å². The van der Waals surface area contributed by atoms with E-state index in [-0.39, 0.29) is 11.5 Å². The molecule has 3 rings (SSSR count). The van der Waals surface area contributed by atoms with Crippen molar-refractivity contribution >= 4 is 5.69 Å². The minimum absolute atomic E-state index is 0.113. The third kappa shape index (κ3) is 2.79. The molecule has 0 aliphatic heterocycles. The molecule has 0 aliphatic carbocycles. The Hall–Kier alpha value is -3.02. The summed E-state index contributed by atoms with van der Waals surface area (Å²) in [4.78, 5) is 0. The van der Waals surface area contributed by atoms with Crippen LogP contribution in [0.4, 0.5) is 5.69 Å². The number of nitrogens with zero attached hydrogens (tertiary/aromatic N) is 2. The van der Waals surface area contributed by atoms with Crippen molar-refractivity contribution in [1.82, 2.24) is 10.2 Å². The summed E-state index contributed by atoms with van der Waals surface area (Å²) in [5, 5.41) is 29.9. The highest BCUT2D eigenvalue weighted by molar-refractivity contribution is 5.61. The largest absolute Gasteiger partial charge is 0.504 e. The van der Waals surface area contributed by atoms with Crippen LogP contribution in [0.5, 0.6) is 11.5 Å². The van der Waals surface area contributed by atoms with Crippen LogP contribution in [0.15, 0.2) is 53.3 Å². The van der Waals surface area contributed by atoms with Gasteiger partial charge >= 0.3 is 0 Å². The SMILES string of the molecule is Oc1cccc(CNc2cccc(-c3nnco3)c2)c1O. The third-order valence-corrected chi connectivity index (χ3v) is 3.05. The van der Waals surface area contributed by atoms with Gasteiger partial charge in [0.15, 0.2) is 11.5 Å². The normalized spacial score (nSPS) is 10.5. The van der Waals surface area contributed by atoms with Gasteiger partial charge in [0.1, 0.15) is 0 Å². The molecule has 21 heavy (non-hydrogen) atoms. The van der Waals surface area contributed by atoms with Gasteiger partial charge in [-0.1, -0.05) is 18.2 Å². The maximum Gasteiger partial charge on any atom is 0.247 e. The molecule has 0 unspecified atom stereocenters. The number of aromatic hydroxyl groups is 2. The molecule has 1 heterocycles. The molecule has 0 saturated heterocycles. The van der Waals surface area contributed by atoms with Crippen molar-refractivity contribution in [3.8, 4) is 23.0 Å². The van der Waals surface area contributed by atoms with Gasteiger partial charge in [-0.25, -0.2) is 0 Å². The van der Waals surface area contributed by atoms with E-state index in [1.54, 1.807) is 12.1 Å². The van der Waals surface area contributed by atoms with Gasteiger partial charge in [0, 0.05) is 23.4 Å². The van der Waals surface area contributed by atoms with Crippen LogP contribution in [0.2, 0.25) is 0 Å². The molecule has 2 aromatic carbocycles. The number of anilines is 1. The lowest BCUT2D eigenvalue weighted by Gasteiger charge is -2.09. The van der Waals surface area contributed by atoms with Crippen molar-refractivity contribution in [3.05, 3.63) is 54.4 Å². The predicted molar refractivity (Wildman–Crippen MR) is 76.8 cm³/mol. The Balaban J connectivity index is 1.77. The highest BCUT2D eigenvalue weighted by Crippen LogP contribution is 2.29. The zero-order chi connectivity index (χ0) is 14.7. The number of aromatic nitrogens is 2. The number of rotatable bonds is 4. The van der Waals surface area contributed by atoms with Crippen molar-refractivity contribution in [2.45, 2.75) is 6.54 Å². The molecule has 0 atom stereocenters. The second-order valence-corrected chi connectivity index (χ2v) is 4.46. The monoisotopic (exact) mass is 283 g/mol. The fraction of sp³-hybridized carbons (Fsp3) is 0.0667. The lowest BCUT2D eigenvalue weighted by atomic mass is 10.1. The fourth-order valence-corrected chi connectivity index (χ4v) is 1.98. The topological polar surface area (TPSA) is 91.4 Å². The maximum absolute atomic E-state index is 9.76. The molecule has 0 saturated carbocycles. The zero-order valence-corrected chi connectivity index (χ0v) is 11.0. The Kier molecular flexibility index (Phi) is 3.42. The van der Waals surface area contributed by atoms with Gasteiger partial charge in [-0.2, -0.15) is 0 Å². The molecule has 6 heteroatoms. The number of para-hydroxylation sites is 1. The van der Waals surface area contributed by atoms with Crippen LogP contribution in [0.3, 0.4) is 0 Å². The van der Waals surface area contributed by atoms with E-state index in [9.17, 15) is 10.2 Å². The van der Waals surface area contributed by atoms with E-state index in [4.69, 9.17) is 4.42 Å². The first kappa shape index (κ1) is 13.0. The van der Waals surface area contributed by atoms with Gasteiger partial charge in [-0.3, -0.25) is 0 Å². The number of hydrogen-bond donors (Lipinski definition) is 3. The Morgan fingerprint density at radius 1 is 1.10 bits per heavy atom. The van der Waals surface area contributed by atoms with E-state index in [2.05, 4.69) is 15.5 Å². The minimum Gasteiger partial charge on any atom is -0.504 e. The Labute approximate surface area is 120 Å². The minimum atomic E-state index is -0.131. The Bertz CT molecular complexity index is 742. The Morgan fingerprint density at radius 2 is 1.95 bits per heavy atom. The van der Waals surface area contributed by atoms with Crippen molar-refractivity contribution in [2.24, 2.45) is 0 Å². The van der Waals surface area contributed by atoms with Crippen molar-refractivity contribution < 1.29 is 14.6 Å². The summed E-state index contributed by atoms with van der Waals surface area (Å²) >= 11 is 0. The van der Waals surface area contributed by atoms with Gasteiger partial charge in [0.25, 0.3) is 0 Å². The highest BCUT2D eigenvalue weighted by Gasteiger charge is 2.07. The van der Waals surface area contributed by atoms with E-state index < -0.39 is 0 Å². The molecule has 0 spiro atoms. The molecule has 0 bridgehead atoms. The second kappa shape index (κ2) is 5.54. The van der Waals surface area contributed by atoms with Crippen LogP contribution in [-0.2, 0) is 6.54 Å². The molecular formula is C15H13N3O3. The standard InChI is InChI=1S/C15H13N3O3/c19-13-6-2-4-11(14(13)20)8-16-12-5-1-3-10(7-12)15-18-17-9-21-15/h1-7,9,16,19-20H,8H2. The summed E-state index contributed by atoms with van der Waals surface area (Å²) in [6.45, 7) is 0.382. The first-order valence-electron chi connectivity index (χ1n) is 6.34. The molecule has 3 N–H and O–H groups in total. The molecule has 0 aliphatic rings. The van der Waals surface area contributed by atoms with Crippen LogP contribution in [0, 0.1) is 0 Å². The number of nitrogens with one attached hydrogen (secondary N) is 1. The molecule has 0 amide bonds. The quantitative estimate of drug-likeness (QED) is 0.638. The predicted octanol–water partition coefficient (Wildman–Crippen LogP) is 2.76. The number of benzene rings is 2. The second-order valence-electron chi connectivity index (χ2n) is 4.46.